The van der Waals surface area contributed by atoms with Gasteiger partial charge in [0.1, 0.15) is 0 Å². The van der Waals surface area contributed by atoms with Crippen molar-refractivity contribution >= 4 is 11.8 Å². The number of rotatable bonds is 3. The van der Waals surface area contributed by atoms with Gasteiger partial charge in [0, 0.05) is 12.8 Å². The third-order valence-electron chi connectivity index (χ3n) is 9.19. The van der Waals surface area contributed by atoms with Crippen LogP contribution in [0.4, 0.5) is 0 Å². The van der Waals surface area contributed by atoms with Crippen molar-refractivity contribution in [1.29, 1.82) is 0 Å². The van der Waals surface area contributed by atoms with E-state index in [2.05, 4.69) is 13.5 Å². The summed E-state index contributed by atoms with van der Waals surface area (Å²) < 4.78 is 0. The van der Waals surface area contributed by atoms with Gasteiger partial charge in [0.15, 0.2) is 5.78 Å². The highest BCUT2D eigenvalue weighted by molar-refractivity contribution is 5.92. The zero-order chi connectivity index (χ0) is 19.1. The Kier molecular flexibility index (Phi) is 3.64. The maximum Gasteiger partial charge on any atom is 0.303 e. The molecule has 5 aliphatic rings. The highest BCUT2D eigenvalue weighted by atomic mass is 16.4. The normalized spacial score (nSPS) is 50.2. The van der Waals surface area contributed by atoms with Gasteiger partial charge < -0.3 is 10.2 Å². The standard InChI is InChI=1S/C23H30O4/c1-12-9-17-15(14-4-3-13(24)10-16(12)14)5-7-22(2)21(17)18-11-19(18)23(22,27)8-6-20(25)26/h10,14-15,17-19,21,27H,1,3-9,11H2,2H3,(H,25,26)/t14-,15-,17-,18+,19-,21-,22+,23+/m1/s1. The minimum atomic E-state index is -0.828. The maximum atomic E-state index is 11.9. The van der Waals surface area contributed by atoms with Gasteiger partial charge in [-0.1, -0.05) is 19.1 Å². The molecule has 4 saturated carbocycles. The predicted octanol–water partition coefficient (Wildman–Crippen LogP) is 3.75. The molecule has 0 aromatic rings. The summed E-state index contributed by atoms with van der Waals surface area (Å²) in [4.78, 5) is 23.1. The molecule has 0 unspecified atom stereocenters. The van der Waals surface area contributed by atoms with Crippen molar-refractivity contribution in [3.8, 4) is 0 Å². The molecular formula is C23H30O4. The smallest absolute Gasteiger partial charge is 0.303 e. The Morgan fingerprint density at radius 3 is 2.81 bits per heavy atom. The number of carboxylic acids is 1. The van der Waals surface area contributed by atoms with E-state index < -0.39 is 11.6 Å². The van der Waals surface area contributed by atoms with Crippen molar-refractivity contribution in [3.63, 3.8) is 0 Å². The number of fused-ring (bicyclic) bond motifs is 7. The second kappa shape index (κ2) is 5.56. The molecule has 4 fully saturated rings. The lowest BCUT2D eigenvalue weighted by molar-refractivity contribution is -0.152. The van der Waals surface area contributed by atoms with Gasteiger partial charge in [-0.2, -0.15) is 0 Å². The van der Waals surface area contributed by atoms with E-state index in [1.54, 1.807) is 0 Å². The quantitative estimate of drug-likeness (QED) is 0.793. The van der Waals surface area contributed by atoms with Gasteiger partial charge in [-0.15, -0.1) is 0 Å². The van der Waals surface area contributed by atoms with E-state index >= 15 is 0 Å². The molecule has 0 radical (unpaired) electrons. The van der Waals surface area contributed by atoms with Crippen LogP contribution in [-0.4, -0.2) is 27.6 Å². The monoisotopic (exact) mass is 370 g/mol. The van der Waals surface area contributed by atoms with Gasteiger partial charge in [0.05, 0.1) is 5.60 Å². The molecule has 0 aromatic heterocycles. The Morgan fingerprint density at radius 2 is 2.07 bits per heavy atom. The highest BCUT2D eigenvalue weighted by Gasteiger charge is 2.75. The fourth-order valence-corrected chi connectivity index (χ4v) is 8.03. The third kappa shape index (κ3) is 2.25. The molecule has 4 heteroatoms. The van der Waals surface area contributed by atoms with Crippen molar-refractivity contribution in [1.82, 2.24) is 0 Å². The van der Waals surface area contributed by atoms with Crippen LogP contribution in [0.3, 0.4) is 0 Å². The lowest BCUT2D eigenvalue weighted by Crippen LogP contribution is -2.55. The molecule has 0 bridgehead atoms. The number of carbonyl (C=O) groups is 2. The second-order valence-electron chi connectivity index (χ2n) is 10.2. The van der Waals surface area contributed by atoms with Crippen molar-refractivity contribution in [2.45, 2.75) is 63.9 Å². The Hall–Kier alpha value is -1.42. The summed E-state index contributed by atoms with van der Waals surface area (Å²) in [5.41, 5.74) is 1.34. The van der Waals surface area contributed by atoms with Crippen LogP contribution in [0.15, 0.2) is 23.8 Å². The van der Waals surface area contributed by atoms with E-state index in [4.69, 9.17) is 0 Å². The van der Waals surface area contributed by atoms with Crippen LogP contribution in [0.2, 0.25) is 0 Å². The zero-order valence-corrected chi connectivity index (χ0v) is 16.1. The first-order chi connectivity index (χ1) is 12.8. The molecule has 8 atom stereocenters. The van der Waals surface area contributed by atoms with Gasteiger partial charge >= 0.3 is 5.97 Å². The fraction of sp³-hybridized carbons (Fsp3) is 0.739. The molecule has 2 N–H and O–H groups in total. The first-order valence-electron chi connectivity index (χ1n) is 10.6. The molecule has 0 heterocycles. The molecule has 0 amide bonds. The van der Waals surface area contributed by atoms with Gasteiger partial charge in [0.25, 0.3) is 0 Å². The second-order valence-corrected chi connectivity index (χ2v) is 10.2. The molecule has 146 valence electrons. The van der Waals surface area contributed by atoms with E-state index in [9.17, 15) is 19.8 Å². The number of hydrogen-bond donors (Lipinski definition) is 2. The highest BCUT2D eigenvalue weighted by Crippen LogP contribution is 2.76. The molecule has 0 aliphatic heterocycles. The molecule has 5 aliphatic carbocycles. The summed E-state index contributed by atoms with van der Waals surface area (Å²) in [5.74, 6) is 2.31. The minimum Gasteiger partial charge on any atom is -0.481 e. The van der Waals surface area contributed by atoms with Gasteiger partial charge in [-0.3, -0.25) is 9.59 Å². The summed E-state index contributed by atoms with van der Waals surface area (Å²) in [6, 6.07) is 0. The fourth-order valence-electron chi connectivity index (χ4n) is 8.03. The Bertz CT molecular complexity index is 766. The van der Waals surface area contributed by atoms with Crippen LogP contribution >= 0.6 is 0 Å². The van der Waals surface area contributed by atoms with Crippen molar-refractivity contribution in [2.75, 3.05) is 0 Å². The topological polar surface area (TPSA) is 74.6 Å². The van der Waals surface area contributed by atoms with Crippen LogP contribution in [0.25, 0.3) is 0 Å². The average molecular weight is 370 g/mol. The predicted molar refractivity (Wildman–Crippen MR) is 101 cm³/mol. The SMILES string of the molecule is C=C1C[C@@H]2[C@H](CC[C@@]3(C)[C@H]2[C@H]2C[C@H]2[C@@]3(O)CCC(=O)O)[C@H]2CCC(=O)C=C12. The van der Waals surface area contributed by atoms with Crippen molar-refractivity contribution in [2.24, 2.45) is 40.9 Å². The van der Waals surface area contributed by atoms with Crippen molar-refractivity contribution in [3.05, 3.63) is 23.8 Å². The minimum absolute atomic E-state index is 0.0560. The number of carbonyl (C=O) groups excluding carboxylic acids is 1. The summed E-state index contributed by atoms with van der Waals surface area (Å²) in [6.07, 6.45) is 7.96. The van der Waals surface area contributed by atoms with Crippen LogP contribution in [0.5, 0.6) is 0 Å². The van der Waals surface area contributed by atoms with Crippen LogP contribution in [0, 0.1) is 40.9 Å². The van der Waals surface area contributed by atoms with Gasteiger partial charge in [0.2, 0.25) is 0 Å². The Morgan fingerprint density at radius 1 is 1.30 bits per heavy atom. The molecule has 5 rings (SSSR count). The largest absolute Gasteiger partial charge is 0.481 e. The van der Waals surface area contributed by atoms with E-state index in [1.807, 2.05) is 6.08 Å². The Balaban J connectivity index is 1.48. The third-order valence-corrected chi connectivity index (χ3v) is 9.19. The van der Waals surface area contributed by atoms with Crippen LogP contribution in [-0.2, 0) is 9.59 Å². The number of allylic oxidation sites excluding steroid dienone is 2. The number of hydrogen-bond acceptors (Lipinski definition) is 3. The van der Waals surface area contributed by atoms with Crippen molar-refractivity contribution < 1.29 is 19.8 Å². The molecular weight excluding hydrogens is 340 g/mol. The first-order valence-corrected chi connectivity index (χ1v) is 10.6. The average Bonchev–Trinajstić information content (AvgIpc) is 3.37. The van der Waals surface area contributed by atoms with E-state index in [0.717, 1.165) is 37.7 Å². The molecule has 4 nitrogen and oxygen atoms in total. The van der Waals surface area contributed by atoms with E-state index in [0.29, 0.717) is 42.4 Å². The summed E-state index contributed by atoms with van der Waals surface area (Å²) >= 11 is 0. The maximum absolute atomic E-state index is 11.9. The van der Waals surface area contributed by atoms with Gasteiger partial charge in [-0.05, 0) is 91.1 Å². The number of ketones is 1. The number of aliphatic carboxylic acids is 1. The van der Waals surface area contributed by atoms with E-state index in [1.165, 1.54) is 5.57 Å². The van der Waals surface area contributed by atoms with E-state index in [-0.39, 0.29) is 23.5 Å². The molecule has 0 aromatic carbocycles. The number of aliphatic hydroxyl groups is 1. The van der Waals surface area contributed by atoms with Gasteiger partial charge in [-0.25, -0.2) is 0 Å². The molecule has 0 spiro atoms. The lowest BCUT2D eigenvalue weighted by Gasteiger charge is -2.57. The van der Waals surface area contributed by atoms with Crippen LogP contribution in [0.1, 0.15) is 58.3 Å². The summed E-state index contributed by atoms with van der Waals surface area (Å²) in [5, 5.41) is 20.9. The lowest BCUT2D eigenvalue weighted by atomic mass is 9.48. The zero-order valence-electron chi connectivity index (χ0n) is 16.1. The number of carboxylic acid groups (broad SMARTS) is 1. The first kappa shape index (κ1) is 17.7. The summed E-state index contributed by atoms with van der Waals surface area (Å²) in [6.45, 7) is 6.57. The molecule has 27 heavy (non-hydrogen) atoms. The van der Waals surface area contributed by atoms with Crippen LogP contribution < -0.4 is 0 Å². The summed E-state index contributed by atoms with van der Waals surface area (Å²) in [7, 11) is 0. The Labute approximate surface area is 160 Å². The molecule has 0 saturated heterocycles.